The number of allylic oxidation sites excluding steroid dienone is 2. The number of hydrogen-bond donors (Lipinski definition) is 3. The number of carbonyl (C=O) groups excluding carboxylic acids is 1. The topological polar surface area (TPSA) is 78.4 Å². The molecule has 2 saturated heterocycles. The molecule has 0 aromatic carbocycles. The molecule has 164 valence electrons. The Balaban J connectivity index is 1.69. The van der Waals surface area contributed by atoms with Crippen LogP contribution >= 0.6 is 24.0 Å². The Kier molecular flexibility index (Phi) is 11.1. The monoisotopic (exact) mass is 440 g/mol. The van der Waals surface area contributed by atoms with Gasteiger partial charge in [-0.1, -0.05) is 44.1 Å². The Morgan fingerprint density at radius 1 is 1.10 bits per heavy atom. The molecule has 0 radical (unpaired) electrons. The van der Waals surface area contributed by atoms with Gasteiger partial charge in [0.1, 0.15) is 0 Å². The standard InChI is InChI=1S/C22H36N2O3S2/c1-2-3-8-13-23-21(28)14-20(25)24-15-17-16(18-11-12-19(17)29-18)9-6-4-5-7-10-22(26)27/h4,6,16-19H,2-3,5,7-15H2,1H3,(H,23,28)(H,24,25)(H,26,27)/b6-4-/t16-,17+,18-,19+/m1/s1. The molecule has 3 N–H and O–H groups in total. The average molecular weight is 441 g/mol. The number of thiocarbonyl (C=S) groups is 1. The van der Waals surface area contributed by atoms with E-state index in [4.69, 9.17) is 17.3 Å². The molecular weight excluding hydrogens is 404 g/mol. The lowest BCUT2D eigenvalue weighted by Gasteiger charge is -2.29. The number of amides is 1. The maximum absolute atomic E-state index is 12.3. The first kappa shape index (κ1) is 24.2. The predicted octanol–water partition coefficient (Wildman–Crippen LogP) is 4.31. The van der Waals surface area contributed by atoms with Crippen LogP contribution in [0.5, 0.6) is 0 Å². The van der Waals surface area contributed by atoms with Crippen LogP contribution in [0.3, 0.4) is 0 Å². The molecule has 2 bridgehead atoms. The van der Waals surface area contributed by atoms with Gasteiger partial charge in [0.15, 0.2) is 0 Å². The molecule has 2 heterocycles. The van der Waals surface area contributed by atoms with Crippen LogP contribution in [0.2, 0.25) is 0 Å². The normalized spacial score (nSPS) is 25.4. The van der Waals surface area contributed by atoms with Gasteiger partial charge in [-0.15, -0.1) is 0 Å². The Hall–Kier alpha value is -1.08. The number of nitrogens with one attached hydrogen (secondary N) is 2. The van der Waals surface area contributed by atoms with E-state index in [2.05, 4.69) is 41.5 Å². The summed E-state index contributed by atoms with van der Waals surface area (Å²) in [4.78, 5) is 23.5. The lowest BCUT2D eigenvalue weighted by molar-refractivity contribution is -0.137. The summed E-state index contributed by atoms with van der Waals surface area (Å²) >= 11 is 7.39. The smallest absolute Gasteiger partial charge is 0.303 e. The van der Waals surface area contributed by atoms with Crippen molar-refractivity contribution in [1.29, 1.82) is 0 Å². The quantitative estimate of drug-likeness (QED) is 0.212. The summed E-state index contributed by atoms with van der Waals surface area (Å²) in [5.74, 6) is 0.425. The Labute approximate surface area is 184 Å². The van der Waals surface area contributed by atoms with Gasteiger partial charge in [0.2, 0.25) is 5.91 Å². The van der Waals surface area contributed by atoms with Crippen LogP contribution in [0, 0.1) is 11.8 Å². The minimum atomic E-state index is -0.727. The molecule has 4 atom stereocenters. The maximum atomic E-state index is 12.3. The molecular formula is C22H36N2O3S2. The summed E-state index contributed by atoms with van der Waals surface area (Å²) in [6.07, 6.45) is 13.4. The molecule has 0 aromatic rings. The highest BCUT2D eigenvalue weighted by molar-refractivity contribution is 8.01. The van der Waals surface area contributed by atoms with Crippen LogP contribution in [0.1, 0.15) is 71.1 Å². The van der Waals surface area contributed by atoms with Gasteiger partial charge in [-0.2, -0.15) is 11.8 Å². The van der Waals surface area contributed by atoms with E-state index in [0.29, 0.717) is 33.7 Å². The first-order valence-corrected chi connectivity index (χ1v) is 12.4. The largest absolute Gasteiger partial charge is 0.481 e. The summed E-state index contributed by atoms with van der Waals surface area (Å²) in [7, 11) is 0. The van der Waals surface area contributed by atoms with Gasteiger partial charge in [-0.3, -0.25) is 9.59 Å². The fraction of sp³-hybridized carbons (Fsp3) is 0.773. The van der Waals surface area contributed by atoms with Gasteiger partial charge in [0.05, 0.1) is 11.4 Å². The average Bonchev–Trinajstić information content (AvgIpc) is 3.28. The Bertz CT molecular complexity index is 582. The first-order chi connectivity index (χ1) is 14.0. The van der Waals surface area contributed by atoms with Crippen molar-refractivity contribution >= 4 is 40.8 Å². The van der Waals surface area contributed by atoms with Gasteiger partial charge in [0.25, 0.3) is 0 Å². The fourth-order valence-corrected chi connectivity index (χ4v) is 6.57. The highest BCUT2D eigenvalue weighted by Crippen LogP contribution is 2.54. The van der Waals surface area contributed by atoms with Crippen molar-refractivity contribution < 1.29 is 14.7 Å². The number of fused-ring (bicyclic) bond motifs is 2. The van der Waals surface area contributed by atoms with E-state index in [1.807, 2.05) is 0 Å². The van der Waals surface area contributed by atoms with Crippen molar-refractivity contribution in [3.63, 3.8) is 0 Å². The third kappa shape index (κ3) is 8.67. The maximum Gasteiger partial charge on any atom is 0.303 e. The number of carbonyl (C=O) groups is 2. The number of rotatable bonds is 14. The van der Waals surface area contributed by atoms with Crippen molar-refractivity contribution in [2.75, 3.05) is 13.1 Å². The van der Waals surface area contributed by atoms with Crippen molar-refractivity contribution in [1.82, 2.24) is 10.6 Å². The molecule has 7 heteroatoms. The van der Waals surface area contributed by atoms with E-state index < -0.39 is 5.97 Å². The number of carboxylic acid groups (broad SMARTS) is 1. The Morgan fingerprint density at radius 3 is 2.59 bits per heavy atom. The zero-order valence-corrected chi connectivity index (χ0v) is 19.2. The van der Waals surface area contributed by atoms with Gasteiger partial charge in [-0.05, 0) is 50.4 Å². The summed E-state index contributed by atoms with van der Waals surface area (Å²) in [5.41, 5.74) is 0. The van der Waals surface area contributed by atoms with Gasteiger partial charge < -0.3 is 15.7 Å². The molecule has 0 spiro atoms. The molecule has 2 fully saturated rings. The molecule has 2 aliphatic heterocycles. The van der Waals surface area contributed by atoms with E-state index in [-0.39, 0.29) is 18.7 Å². The van der Waals surface area contributed by atoms with Crippen LogP contribution in [0.4, 0.5) is 0 Å². The van der Waals surface area contributed by atoms with Crippen LogP contribution in [0.25, 0.3) is 0 Å². The molecule has 29 heavy (non-hydrogen) atoms. The van der Waals surface area contributed by atoms with Crippen LogP contribution < -0.4 is 10.6 Å². The van der Waals surface area contributed by atoms with Gasteiger partial charge >= 0.3 is 5.97 Å². The lowest BCUT2D eigenvalue weighted by atomic mass is 9.77. The zero-order valence-electron chi connectivity index (χ0n) is 17.5. The fourth-order valence-electron chi connectivity index (χ4n) is 4.33. The molecule has 0 saturated carbocycles. The molecule has 2 aliphatic rings. The lowest BCUT2D eigenvalue weighted by Crippen LogP contribution is -2.39. The van der Waals surface area contributed by atoms with E-state index in [9.17, 15) is 9.59 Å². The highest BCUT2D eigenvalue weighted by Gasteiger charge is 2.47. The van der Waals surface area contributed by atoms with Crippen molar-refractivity contribution in [2.45, 2.75) is 81.6 Å². The van der Waals surface area contributed by atoms with Crippen LogP contribution in [0.15, 0.2) is 12.2 Å². The summed E-state index contributed by atoms with van der Waals surface area (Å²) in [6, 6.07) is 0. The van der Waals surface area contributed by atoms with Crippen molar-refractivity contribution in [3.05, 3.63) is 12.2 Å². The second-order valence-electron chi connectivity index (χ2n) is 8.15. The van der Waals surface area contributed by atoms with Crippen molar-refractivity contribution in [3.8, 4) is 0 Å². The molecule has 5 nitrogen and oxygen atoms in total. The number of hydrogen-bond acceptors (Lipinski definition) is 4. The SMILES string of the molecule is CCCCCNC(=S)CC(=O)NC[C@H]1[C@@H](C/C=C\CCCC(=O)O)[C@H]2CC[C@@H]1S2. The van der Waals surface area contributed by atoms with E-state index in [0.717, 1.165) is 32.4 Å². The molecule has 2 rings (SSSR count). The second kappa shape index (κ2) is 13.3. The third-order valence-corrected chi connectivity index (χ3v) is 8.04. The number of unbranched alkanes of at least 4 members (excludes halogenated alkanes) is 3. The van der Waals surface area contributed by atoms with Gasteiger partial charge in [0, 0.05) is 30.0 Å². The van der Waals surface area contributed by atoms with Crippen LogP contribution in [-0.2, 0) is 9.59 Å². The summed E-state index contributed by atoms with van der Waals surface area (Å²) in [5, 5.41) is 16.4. The molecule has 0 aliphatic carbocycles. The van der Waals surface area contributed by atoms with Crippen molar-refractivity contribution in [2.24, 2.45) is 11.8 Å². The van der Waals surface area contributed by atoms with Gasteiger partial charge in [-0.25, -0.2) is 0 Å². The minimum Gasteiger partial charge on any atom is -0.481 e. The minimum absolute atomic E-state index is 0.0220. The zero-order chi connectivity index (χ0) is 21.1. The number of aliphatic carboxylic acids is 1. The highest BCUT2D eigenvalue weighted by atomic mass is 32.2. The molecule has 1 amide bonds. The van der Waals surface area contributed by atoms with E-state index >= 15 is 0 Å². The van der Waals surface area contributed by atoms with E-state index in [1.165, 1.54) is 25.7 Å². The second-order valence-corrected chi connectivity index (χ2v) is 10.1. The Morgan fingerprint density at radius 2 is 1.86 bits per heavy atom. The number of carboxylic acids is 1. The molecule has 0 unspecified atom stereocenters. The van der Waals surface area contributed by atoms with Crippen LogP contribution in [-0.4, -0.2) is 45.6 Å². The molecule has 0 aromatic heterocycles. The third-order valence-electron chi connectivity index (χ3n) is 5.89. The number of thioether (sulfide) groups is 1. The predicted molar refractivity (Wildman–Crippen MR) is 124 cm³/mol. The summed E-state index contributed by atoms with van der Waals surface area (Å²) < 4.78 is 0. The first-order valence-electron chi connectivity index (χ1n) is 11.1. The van der Waals surface area contributed by atoms with E-state index in [1.54, 1.807) is 0 Å². The summed E-state index contributed by atoms with van der Waals surface area (Å²) in [6.45, 7) is 3.76.